The van der Waals surface area contributed by atoms with Crippen molar-refractivity contribution in [3.05, 3.63) is 109 Å². The highest BCUT2D eigenvalue weighted by molar-refractivity contribution is 7.15. The molecule has 3 aliphatic rings. The van der Waals surface area contributed by atoms with Crippen LogP contribution in [0.2, 0.25) is 0 Å². The number of carbonyl (C=O) groups is 2. The number of fused-ring (bicyclic) bond motifs is 6. The molecule has 0 radical (unpaired) electrons. The molecule has 0 atom stereocenters. The maximum atomic E-state index is 14.9. The number of hydrogen-bond donors (Lipinski definition) is 0. The normalized spacial score (nSPS) is 14.8. The minimum absolute atomic E-state index is 0.159. The lowest BCUT2D eigenvalue weighted by Gasteiger charge is -2.41. The predicted octanol–water partition coefficient (Wildman–Crippen LogP) is 10.1. The molecule has 8 aromatic rings. The van der Waals surface area contributed by atoms with Gasteiger partial charge in [-0.3, -0.25) is 14.3 Å². The molecule has 0 bridgehead atoms. The van der Waals surface area contributed by atoms with Crippen LogP contribution in [-0.4, -0.2) is 103 Å². The summed E-state index contributed by atoms with van der Waals surface area (Å²) in [6, 6.07) is 18.2. The number of likely N-dealkylation sites (N-methyl/N-ethyl adjacent to an activating group) is 1. The predicted molar refractivity (Wildman–Crippen MR) is 272 cm³/mol. The second-order valence-corrected chi connectivity index (χ2v) is 21.9. The molecule has 0 N–H and O–H groups in total. The molecule has 18 heteroatoms. The largest absolute Gasteiger partial charge is 0.496 e. The van der Waals surface area contributed by atoms with Gasteiger partial charge in [0.2, 0.25) is 0 Å². The Labute approximate surface area is 417 Å². The molecule has 70 heavy (non-hydrogen) atoms. The van der Waals surface area contributed by atoms with Gasteiger partial charge in [-0.15, -0.1) is 11.3 Å². The van der Waals surface area contributed by atoms with Gasteiger partial charge in [-0.05, 0) is 87.8 Å². The molecule has 0 spiro atoms. The summed E-state index contributed by atoms with van der Waals surface area (Å²) < 4.78 is 36.1. The van der Waals surface area contributed by atoms with Crippen molar-refractivity contribution in [2.75, 3.05) is 41.0 Å². The lowest BCUT2D eigenvalue weighted by molar-refractivity contribution is -0.0374. The van der Waals surface area contributed by atoms with Crippen molar-refractivity contribution < 1.29 is 33.3 Å². The molecule has 3 aliphatic heterocycles. The van der Waals surface area contributed by atoms with Crippen LogP contribution in [0.1, 0.15) is 70.4 Å². The van der Waals surface area contributed by atoms with E-state index < -0.39 is 11.1 Å². The average molecular weight is 997 g/mol. The van der Waals surface area contributed by atoms with Crippen molar-refractivity contribution in [2.24, 2.45) is 7.05 Å². The smallest absolute Gasteiger partial charge is 0.275 e. The van der Waals surface area contributed by atoms with E-state index >= 15 is 0 Å². The number of thiophene rings is 3. The molecule has 11 rings (SSSR count). The maximum absolute atomic E-state index is 14.9. The highest BCUT2D eigenvalue weighted by Gasteiger charge is 2.41. The Hall–Kier alpha value is -6.73. The molecule has 2 aromatic carbocycles. The first-order valence-electron chi connectivity index (χ1n) is 22.9. The van der Waals surface area contributed by atoms with E-state index in [0.717, 1.165) is 61.2 Å². The second-order valence-electron chi connectivity index (χ2n) is 19.0. The summed E-state index contributed by atoms with van der Waals surface area (Å²) in [5, 5.41) is 23.2. The fourth-order valence-electron chi connectivity index (χ4n) is 9.70. The molecule has 0 aliphatic carbocycles. The van der Waals surface area contributed by atoms with E-state index in [0.29, 0.717) is 71.8 Å². The summed E-state index contributed by atoms with van der Waals surface area (Å²) in [7, 11) is 7.04. The first kappa shape index (κ1) is 45.7. The highest BCUT2D eigenvalue weighted by atomic mass is 32.1. The number of methoxy groups -OCH3 is 2. The van der Waals surface area contributed by atoms with Crippen LogP contribution >= 0.6 is 34.0 Å². The molecular formula is C52H52N8O7S3. The minimum atomic E-state index is -0.708. The maximum Gasteiger partial charge on any atom is 0.275 e. The fourth-order valence-corrected chi connectivity index (χ4v) is 11.8. The number of aromatic nitrogens is 6. The van der Waals surface area contributed by atoms with E-state index in [2.05, 4.69) is 25.1 Å². The number of carbonyl (C=O) groups excluding carboxylic acids is 2. The Bertz CT molecular complexity index is 3340. The van der Waals surface area contributed by atoms with E-state index in [1.54, 1.807) is 53.1 Å². The number of nitrogens with zero attached hydrogens (tertiary/aromatic N) is 8. The van der Waals surface area contributed by atoms with E-state index in [4.69, 9.17) is 39.0 Å². The van der Waals surface area contributed by atoms with Crippen LogP contribution in [0.3, 0.4) is 0 Å². The Morgan fingerprint density at radius 3 is 1.97 bits per heavy atom. The first-order chi connectivity index (χ1) is 33.6. The summed E-state index contributed by atoms with van der Waals surface area (Å²) in [6.45, 7) is 11.9. The van der Waals surface area contributed by atoms with Crippen LogP contribution in [0.4, 0.5) is 0 Å². The van der Waals surface area contributed by atoms with Gasteiger partial charge in [0.1, 0.15) is 36.2 Å². The number of rotatable bonds is 11. The van der Waals surface area contributed by atoms with Gasteiger partial charge in [0, 0.05) is 104 Å². The third-order valence-electron chi connectivity index (χ3n) is 13.7. The SMILES string of the molecule is COc1cc2c(cc1-c1cc(CC(C)(C)N(C)C(=O)c3nn(-c4ccsc4)c4c3COc3cc(OC)c(-c5ccc(C)s5)cc3-4)n(C)n1)-c1c(c(C(=O)N3CCOCC3(C)C)nn1-c1ccsc1)CO2. The van der Waals surface area contributed by atoms with E-state index in [9.17, 15) is 9.59 Å². The van der Waals surface area contributed by atoms with Crippen molar-refractivity contribution in [1.29, 1.82) is 0 Å². The molecule has 360 valence electrons. The molecule has 9 heterocycles. The molecule has 0 unspecified atom stereocenters. The van der Waals surface area contributed by atoms with Gasteiger partial charge >= 0.3 is 0 Å². The topological polar surface area (TPSA) is 140 Å². The summed E-state index contributed by atoms with van der Waals surface area (Å²) in [4.78, 5) is 35.2. The van der Waals surface area contributed by atoms with Crippen molar-refractivity contribution >= 4 is 45.8 Å². The molecule has 6 aromatic heterocycles. The van der Waals surface area contributed by atoms with Crippen molar-refractivity contribution in [3.63, 3.8) is 0 Å². The summed E-state index contributed by atoms with van der Waals surface area (Å²) >= 11 is 4.83. The van der Waals surface area contributed by atoms with Gasteiger partial charge in [-0.25, -0.2) is 9.36 Å². The Morgan fingerprint density at radius 2 is 1.40 bits per heavy atom. The zero-order chi connectivity index (χ0) is 48.8. The molecule has 2 amide bonds. The first-order valence-corrected chi connectivity index (χ1v) is 25.6. The lowest BCUT2D eigenvalue weighted by Crippen LogP contribution is -2.55. The standard InChI is InChI=1S/C52H52N8O7S3/c1-29-10-11-44(70-29)34-20-36-43(22-41(34)64-9)66-24-37-45(54-59(48(36)37)30-12-16-68-26-30)49(61)56(6)51(2,3)23-32-18-39(53-57(32)7)33-19-35-42(21-40(33)63-8)67-25-38-46(50(62)58-14-15-65-28-52(58,4)5)55-60(47(35)38)31-13-17-69-27-31/h10-13,16-22,26-27H,14-15,23-25,28H2,1-9H3. The van der Waals surface area contributed by atoms with Crippen LogP contribution in [0.5, 0.6) is 23.0 Å². The number of aryl methyl sites for hydroxylation is 2. The monoisotopic (exact) mass is 996 g/mol. The summed E-state index contributed by atoms with van der Waals surface area (Å²) in [6.07, 6.45) is 0.462. The average Bonchev–Trinajstić information content (AvgIpc) is 4.22. The van der Waals surface area contributed by atoms with Gasteiger partial charge in [-0.1, -0.05) is 0 Å². The Balaban J connectivity index is 0.926. The number of hydrogen-bond acceptors (Lipinski definition) is 13. The third kappa shape index (κ3) is 7.59. The van der Waals surface area contributed by atoms with Crippen LogP contribution in [0, 0.1) is 6.92 Å². The van der Waals surface area contributed by atoms with Crippen molar-refractivity contribution in [3.8, 4) is 78.6 Å². The van der Waals surface area contributed by atoms with Crippen molar-refractivity contribution in [1.82, 2.24) is 39.1 Å². The lowest BCUT2D eigenvalue weighted by atomic mass is 9.94. The summed E-state index contributed by atoms with van der Waals surface area (Å²) in [5.74, 6) is 2.19. The van der Waals surface area contributed by atoms with Crippen LogP contribution in [-0.2, 0) is 31.4 Å². The molecule has 1 fully saturated rings. The van der Waals surface area contributed by atoms with Gasteiger partial charge in [0.15, 0.2) is 11.4 Å². The molecule has 0 saturated carbocycles. The van der Waals surface area contributed by atoms with E-state index in [-0.39, 0.29) is 25.0 Å². The van der Waals surface area contributed by atoms with Gasteiger partial charge in [0.25, 0.3) is 11.8 Å². The zero-order valence-electron chi connectivity index (χ0n) is 40.4. The minimum Gasteiger partial charge on any atom is -0.496 e. The number of benzene rings is 2. The van der Waals surface area contributed by atoms with Gasteiger partial charge < -0.3 is 33.5 Å². The molecule has 1 saturated heterocycles. The van der Waals surface area contributed by atoms with Crippen molar-refractivity contribution in [2.45, 2.75) is 65.3 Å². The fraction of sp³-hybridized carbons (Fsp3) is 0.327. The van der Waals surface area contributed by atoms with Gasteiger partial charge in [0.05, 0.1) is 61.4 Å². The number of ether oxygens (including phenoxy) is 5. The summed E-state index contributed by atoms with van der Waals surface area (Å²) in [5.41, 5.74) is 9.10. The molecular weight excluding hydrogens is 945 g/mol. The van der Waals surface area contributed by atoms with Gasteiger partial charge in [-0.2, -0.15) is 38.0 Å². The van der Waals surface area contributed by atoms with Crippen LogP contribution in [0.15, 0.2) is 76.1 Å². The van der Waals surface area contributed by atoms with Crippen LogP contribution in [0.25, 0.3) is 55.6 Å². The number of amides is 2. The molecule has 15 nitrogen and oxygen atoms in total. The third-order valence-corrected chi connectivity index (χ3v) is 16.1. The van der Waals surface area contributed by atoms with E-state index in [1.165, 1.54) is 4.88 Å². The quantitative estimate of drug-likeness (QED) is 0.123. The van der Waals surface area contributed by atoms with E-state index in [1.807, 2.05) is 119 Å². The Morgan fingerprint density at radius 1 is 0.800 bits per heavy atom. The van der Waals surface area contributed by atoms with Crippen LogP contribution < -0.4 is 18.9 Å². The zero-order valence-corrected chi connectivity index (χ0v) is 42.9. The Kier molecular flexibility index (Phi) is 11.3. The highest BCUT2D eigenvalue weighted by Crippen LogP contribution is 2.49. The number of morpholine rings is 1. The second kappa shape index (κ2) is 17.3.